The van der Waals surface area contributed by atoms with Crippen LogP contribution in [0.15, 0.2) is 30.3 Å². The molecule has 1 heterocycles. The maximum absolute atomic E-state index is 5.30. The van der Waals surface area contributed by atoms with Crippen molar-refractivity contribution in [1.82, 2.24) is 5.32 Å². The molecule has 1 saturated heterocycles. The van der Waals surface area contributed by atoms with Gasteiger partial charge in [-0.25, -0.2) is 0 Å². The largest absolute Gasteiger partial charge is 0.380 e. The van der Waals surface area contributed by atoms with E-state index in [4.69, 9.17) is 4.74 Å². The van der Waals surface area contributed by atoms with Gasteiger partial charge in [-0.3, -0.25) is 0 Å². The SMILES string of the molecule is CCCC(NCC1(C)COC1)c1ccccc1. The van der Waals surface area contributed by atoms with Gasteiger partial charge in [-0.05, 0) is 12.0 Å². The van der Waals surface area contributed by atoms with Gasteiger partial charge >= 0.3 is 0 Å². The molecule has 1 atom stereocenters. The summed E-state index contributed by atoms with van der Waals surface area (Å²) in [6, 6.07) is 11.2. The summed E-state index contributed by atoms with van der Waals surface area (Å²) in [5.74, 6) is 0. The number of rotatable bonds is 6. The van der Waals surface area contributed by atoms with Gasteiger partial charge in [-0.2, -0.15) is 0 Å². The third-order valence-corrected chi connectivity index (χ3v) is 3.46. The maximum Gasteiger partial charge on any atom is 0.0554 e. The van der Waals surface area contributed by atoms with Gasteiger partial charge < -0.3 is 10.1 Å². The van der Waals surface area contributed by atoms with E-state index in [1.165, 1.54) is 18.4 Å². The van der Waals surface area contributed by atoms with Gasteiger partial charge in [-0.1, -0.05) is 50.6 Å². The van der Waals surface area contributed by atoms with Crippen molar-refractivity contribution in [2.75, 3.05) is 19.8 Å². The van der Waals surface area contributed by atoms with Crippen molar-refractivity contribution in [3.63, 3.8) is 0 Å². The first kappa shape index (κ1) is 12.6. The summed E-state index contributed by atoms with van der Waals surface area (Å²) in [5, 5.41) is 3.70. The molecule has 0 aromatic heterocycles. The van der Waals surface area contributed by atoms with Crippen molar-refractivity contribution < 1.29 is 4.74 Å². The van der Waals surface area contributed by atoms with Crippen LogP contribution in [0.5, 0.6) is 0 Å². The van der Waals surface area contributed by atoms with Crippen LogP contribution in [-0.2, 0) is 4.74 Å². The van der Waals surface area contributed by atoms with Crippen molar-refractivity contribution in [2.45, 2.75) is 32.7 Å². The third-order valence-electron chi connectivity index (χ3n) is 3.46. The molecule has 2 rings (SSSR count). The van der Waals surface area contributed by atoms with Gasteiger partial charge in [-0.15, -0.1) is 0 Å². The maximum atomic E-state index is 5.30. The first-order chi connectivity index (χ1) is 8.23. The molecule has 1 unspecified atom stereocenters. The lowest BCUT2D eigenvalue weighted by Crippen LogP contribution is -2.48. The summed E-state index contributed by atoms with van der Waals surface area (Å²) in [7, 11) is 0. The van der Waals surface area contributed by atoms with E-state index in [1.54, 1.807) is 0 Å². The number of ether oxygens (including phenoxy) is 1. The van der Waals surface area contributed by atoms with Crippen molar-refractivity contribution in [1.29, 1.82) is 0 Å². The lowest BCUT2D eigenvalue weighted by atomic mass is 9.88. The Morgan fingerprint density at radius 2 is 2.00 bits per heavy atom. The second-order valence-electron chi connectivity index (χ2n) is 5.44. The Morgan fingerprint density at radius 1 is 1.29 bits per heavy atom. The van der Waals surface area contributed by atoms with Crippen LogP contribution in [0.3, 0.4) is 0 Å². The third kappa shape index (κ3) is 3.30. The van der Waals surface area contributed by atoms with Crippen LogP contribution in [-0.4, -0.2) is 19.8 Å². The van der Waals surface area contributed by atoms with Crippen LogP contribution in [0.2, 0.25) is 0 Å². The van der Waals surface area contributed by atoms with E-state index in [2.05, 4.69) is 49.5 Å². The summed E-state index contributed by atoms with van der Waals surface area (Å²) < 4.78 is 5.30. The molecule has 1 aromatic carbocycles. The Labute approximate surface area is 104 Å². The van der Waals surface area contributed by atoms with E-state index in [1.807, 2.05) is 0 Å². The van der Waals surface area contributed by atoms with E-state index in [0.717, 1.165) is 19.8 Å². The molecule has 1 fully saturated rings. The van der Waals surface area contributed by atoms with Gasteiger partial charge in [0.1, 0.15) is 0 Å². The number of nitrogens with one attached hydrogen (secondary N) is 1. The first-order valence-corrected chi connectivity index (χ1v) is 6.59. The standard InChI is InChI=1S/C15H23NO/c1-3-7-14(13-8-5-4-6-9-13)16-10-15(2)11-17-12-15/h4-6,8-9,14,16H,3,7,10-12H2,1-2H3. The molecule has 1 aliphatic rings. The molecule has 2 heteroatoms. The van der Waals surface area contributed by atoms with Gasteiger partial charge in [0.25, 0.3) is 0 Å². The average molecular weight is 233 g/mol. The first-order valence-electron chi connectivity index (χ1n) is 6.59. The fraction of sp³-hybridized carbons (Fsp3) is 0.600. The Bertz CT molecular complexity index is 332. The van der Waals surface area contributed by atoms with E-state index in [-0.39, 0.29) is 0 Å². The molecule has 0 saturated carbocycles. The lowest BCUT2D eigenvalue weighted by molar-refractivity contribution is -0.100. The molecule has 94 valence electrons. The van der Waals surface area contributed by atoms with E-state index in [0.29, 0.717) is 11.5 Å². The Hall–Kier alpha value is -0.860. The Balaban J connectivity index is 1.93. The van der Waals surface area contributed by atoms with Crippen LogP contribution >= 0.6 is 0 Å². The topological polar surface area (TPSA) is 21.3 Å². The Morgan fingerprint density at radius 3 is 2.53 bits per heavy atom. The summed E-state index contributed by atoms with van der Waals surface area (Å²) in [6.07, 6.45) is 2.40. The second kappa shape index (κ2) is 5.65. The minimum Gasteiger partial charge on any atom is -0.380 e. The van der Waals surface area contributed by atoms with Gasteiger partial charge in [0.05, 0.1) is 13.2 Å². The van der Waals surface area contributed by atoms with Crippen LogP contribution < -0.4 is 5.32 Å². The molecular weight excluding hydrogens is 210 g/mol. The second-order valence-corrected chi connectivity index (χ2v) is 5.44. The van der Waals surface area contributed by atoms with E-state index in [9.17, 15) is 0 Å². The summed E-state index contributed by atoms with van der Waals surface area (Å²) in [5.41, 5.74) is 1.75. The van der Waals surface area contributed by atoms with Gasteiger partial charge in [0.2, 0.25) is 0 Å². The van der Waals surface area contributed by atoms with Crippen molar-refractivity contribution >= 4 is 0 Å². The molecule has 1 aromatic rings. The number of benzene rings is 1. The average Bonchev–Trinajstić information content (AvgIpc) is 2.33. The highest BCUT2D eigenvalue weighted by Crippen LogP contribution is 2.27. The molecule has 0 spiro atoms. The van der Waals surface area contributed by atoms with Gasteiger partial charge in [0, 0.05) is 18.0 Å². The highest BCUT2D eigenvalue weighted by molar-refractivity contribution is 5.18. The molecule has 17 heavy (non-hydrogen) atoms. The molecule has 2 nitrogen and oxygen atoms in total. The monoisotopic (exact) mass is 233 g/mol. The molecule has 0 bridgehead atoms. The Kier molecular flexibility index (Phi) is 4.19. The van der Waals surface area contributed by atoms with Crippen LogP contribution in [0.4, 0.5) is 0 Å². The zero-order chi connectivity index (χ0) is 12.1. The summed E-state index contributed by atoms with van der Waals surface area (Å²) in [4.78, 5) is 0. The van der Waals surface area contributed by atoms with E-state index >= 15 is 0 Å². The predicted molar refractivity (Wildman–Crippen MR) is 71.0 cm³/mol. The quantitative estimate of drug-likeness (QED) is 0.815. The van der Waals surface area contributed by atoms with Crippen molar-refractivity contribution in [2.24, 2.45) is 5.41 Å². The molecular formula is C15H23NO. The van der Waals surface area contributed by atoms with Crippen LogP contribution in [0.25, 0.3) is 0 Å². The highest BCUT2D eigenvalue weighted by Gasteiger charge is 2.33. The molecule has 0 aliphatic carbocycles. The van der Waals surface area contributed by atoms with Crippen LogP contribution in [0.1, 0.15) is 38.3 Å². The van der Waals surface area contributed by atoms with Crippen LogP contribution in [0, 0.1) is 5.41 Å². The zero-order valence-corrected chi connectivity index (χ0v) is 10.9. The smallest absolute Gasteiger partial charge is 0.0554 e. The zero-order valence-electron chi connectivity index (χ0n) is 10.9. The molecule has 0 amide bonds. The summed E-state index contributed by atoms with van der Waals surface area (Å²) >= 11 is 0. The molecule has 1 aliphatic heterocycles. The van der Waals surface area contributed by atoms with Gasteiger partial charge in [0.15, 0.2) is 0 Å². The normalized spacial score (nSPS) is 19.6. The summed E-state index contributed by atoms with van der Waals surface area (Å²) in [6.45, 7) is 7.37. The fourth-order valence-corrected chi connectivity index (χ4v) is 2.28. The lowest BCUT2D eigenvalue weighted by Gasteiger charge is -2.39. The van der Waals surface area contributed by atoms with Crippen molar-refractivity contribution in [3.05, 3.63) is 35.9 Å². The molecule has 0 radical (unpaired) electrons. The van der Waals surface area contributed by atoms with E-state index < -0.39 is 0 Å². The highest BCUT2D eigenvalue weighted by atomic mass is 16.5. The molecule has 1 N–H and O–H groups in total. The number of hydrogen-bond acceptors (Lipinski definition) is 2. The number of hydrogen-bond donors (Lipinski definition) is 1. The fourth-order valence-electron chi connectivity index (χ4n) is 2.28. The predicted octanol–water partition coefficient (Wildman–Crippen LogP) is 3.15. The minimum atomic E-state index is 0.348. The minimum absolute atomic E-state index is 0.348. The van der Waals surface area contributed by atoms with Crippen molar-refractivity contribution in [3.8, 4) is 0 Å².